The summed E-state index contributed by atoms with van der Waals surface area (Å²) in [6.07, 6.45) is -4.59. The topological polar surface area (TPSA) is 67.2 Å². The molecule has 118 valence electrons. The number of halogens is 4. The molecule has 0 bridgehead atoms. The molecule has 0 saturated heterocycles. The van der Waals surface area contributed by atoms with Crippen LogP contribution < -0.4 is 10.6 Å². The van der Waals surface area contributed by atoms with Gasteiger partial charge in [-0.1, -0.05) is 16.8 Å². The van der Waals surface area contributed by atoms with E-state index in [-0.39, 0.29) is 12.2 Å². The van der Waals surface area contributed by atoms with Crippen LogP contribution in [0.2, 0.25) is 5.02 Å². The van der Waals surface area contributed by atoms with Gasteiger partial charge in [0.1, 0.15) is 5.76 Å². The zero-order valence-electron chi connectivity index (χ0n) is 11.3. The van der Waals surface area contributed by atoms with Gasteiger partial charge in [0.25, 0.3) is 0 Å². The average molecular weight is 334 g/mol. The Bertz CT molecular complexity index is 685. The molecule has 0 radical (unpaired) electrons. The fraction of sp³-hybridized carbons (Fsp3) is 0.231. The monoisotopic (exact) mass is 333 g/mol. The van der Waals surface area contributed by atoms with E-state index in [9.17, 15) is 18.0 Å². The number of nitrogens with one attached hydrogen (secondary N) is 2. The van der Waals surface area contributed by atoms with Crippen molar-refractivity contribution in [3.8, 4) is 0 Å². The Morgan fingerprint density at radius 2 is 2.09 bits per heavy atom. The molecule has 1 aromatic carbocycles. The Labute approximate surface area is 128 Å². The smallest absolute Gasteiger partial charge is 0.360 e. The molecule has 0 aliphatic heterocycles. The van der Waals surface area contributed by atoms with E-state index >= 15 is 0 Å². The highest BCUT2D eigenvalue weighted by molar-refractivity contribution is 6.31. The first kappa shape index (κ1) is 16.2. The Morgan fingerprint density at radius 1 is 1.36 bits per heavy atom. The maximum Gasteiger partial charge on any atom is 0.417 e. The molecule has 9 heteroatoms. The average Bonchev–Trinajstić information content (AvgIpc) is 2.83. The number of nitrogens with zero attached hydrogens (tertiary/aromatic N) is 1. The van der Waals surface area contributed by atoms with Gasteiger partial charge >= 0.3 is 6.18 Å². The molecule has 5 nitrogen and oxygen atoms in total. The van der Waals surface area contributed by atoms with Gasteiger partial charge in [-0.2, -0.15) is 13.2 Å². The summed E-state index contributed by atoms with van der Waals surface area (Å²) in [4.78, 5) is 11.7. The van der Waals surface area contributed by atoms with Gasteiger partial charge in [-0.05, 0) is 25.1 Å². The third-order valence-corrected chi connectivity index (χ3v) is 2.94. The molecule has 2 rings (SSSR count). The lowest BCUT2D eigenvalue weighted by Crippen LogP contribution is -2.22. The van der Waals surface area contributed by atoms with Crippen molar-refractivity contribution in [1.29, 1.82) is 0 Å². The molecule has 0 fully saturated rings. The molecule has 0 aliphatic carbocycles. The summed E-state index contributed by atoms with van der Waals surface area (Å²) < 4.78 is 42.9. The SMILES string of the molecule is Cc1cc(NCC(=O)Nc2ccc(Cl)c(C(F)(F)F)c2)no1. The molecule has 0 aliphatic rings. The number of amides is 1. The predicted molar refractivity (Wildman–Crippen MR) is 74.8 cm³/mol. The quantitative estimate of drug-likeness (QED) is 0.895. The van der Waals surface area contributed by atoms with E-state index < -0.39 is 22.7 Å². The van der Waals surface area contributed by atoms with Crippen LogP contribution >= 0.6 is 11.6 Å². The molecule has 1 amide bonds. The van der Waals surface area contributed by atoms with Crippen LogP contribution in [0.3, 0.4) is 0 Å². The van der Waals surface area contributed by atoms with Crippen LogP contribution in [0.15, 0.2) is 28.8 Å². The fourth-order valence-electron chi connectivity index (χ4n) is 1.65. The third-order valence-electron chi connectivity index (χ3n) is 2.61. The Balaban J connectivity index is 1.99. The summed E-state index contributed by atoms with van der Waals surface area (Å²) in [5, 5.41) is 8.21. The van der Waals surface area contributed by atoms with Crippen LogP contribution in [0.1, 0.15) is 11.3 Å². The van der Waals surface area contributed by atoms with E-state index in [1.54, 1.807) is 13.0 Å². The zero-order valence-corrected chi connectivity index (χ0v) is 12.0. The summed E-state index contributed by atoms with van der Waals surface area (Å²) in [5.74, 6) is 0.395. The molecule has 22 heavy (non-hydrogen) atoms. The second-order valence-electron chi connectivity index (χ2n) is 4.42. The van der Waals surface area contributed by atoms with Crippen LogP contribution in [0.5, 0.6) is 0 Å². The van der Waals surface area contributed by atoms with E-state index in [1.807, 2.05) is 0 Å². The summed E-state index contributed by atoms with van der Waals surface area (Å²) >= 11 is 5.50. The lowest BCUT2D eigenvalue weighted by molar-refractivity contribution is -0.137. The van der Waals surface area contributed by atoms with Crippen LogP contribution in [-0.2, 0) is 11.0 Å². The highest BCUT2D eigenvalue weighted by atomic mass is 35.5. The minimum atomic E-state index is -4.59. The number of carbonyl (C=O) groups excluding carboxylic acids is 1. The summed E-state index contributed by atoms with van der Waals surface area (Å²) in [6.45, 7) is 1.51. The summed E-state index contributed by atoms with van der Waals surface area (Å²) in [6, 6.07) is 4.72. The number of aromatic nitrogens is 1. The fourth-order valence-corrected chi connectivity index (χ4v) is 1.87. The second kappa shape index (κ2) is 6.27. The van der Waals surface area contributed by atoms with E-state index in [2.05, 4.69) is 15.8 Å². The molecule has 0 atom stereocenters. The number of hydrogen-bond acceptors (Lipinski definition) is 4. The van der Waals surface area contributed by atoms with Crippen LogP contribution in [0.25, 0.3) is 0 Å². The van der Waals surface area contributed by atoms with Gasteiger partial charge < -0.3 is 15.2 Å². The first-order valence-electron chi connectivity index (χ1n) is 6.09. The van der Waals surface area contributed by atoms with Gasteiger partial charge in [-0.15, -0.1) is 0 Å². The second-order valence-corrected chi connectivity index (χ2v) is 4.82. The molecule has 0 saturated carbocycles. The number of hydrogen-bond donors (Lipinski definition) is 2. The molecule has 0 spiro atoms. The van der Waals surface area contributed by atoms with Gasteiger partial charge in [0, 0.05) is 11.8 Å². The van der Waals surface area contributed by atoms with Crippen molar-refractivity contribution < 1.29 is 22.5 Å². The number of rotatable bonds is 4. The lowest BCUT2D eigenvalue weighted by atomic mass is 10.2. The van der Waals surface area contributed by atoms with Gasteiger partial charge in [-0.3, -0.25) is 4.79 Å². The standard InChI is InChI=1S/C13H11ClF3N3O2/c1-7-4-11(20-22-7)18-6-12(21)19-8-2-3-10(14)9(5-8)13(15,16)17/h2-5H,6H2,1H3,(H,18,20)(H,19,21). The largest absolute Gasteiger partial charge is 0.417 e. The maximum absolute atomic E-state index is 12.7. The van der Waals surface area contributed by atoms with Crippen LogP contribution in [0.4, 0.5) is 24.7 Å². The van der Waals surface area contributed by atoms with Crippen molar-refractivity contribution in [3.63, 3.8) is 0 Å². The Morgan fingerprint density at radius 3 is 2.68 bits per heavy atom. The molecule has 2 aromatic rings. The lowest BCUT2D eigenvalue weighted by Gasteiger charge is -2.11. The zero-order chi connectivity index (χ0) is 16.3. The van der Waals surface area contributed by atoms with Crippen molar-refractivity contribution in [3.05, 3.63) is 40.6 Å². The number of aryl methyl sites for hydroxylation is 1. The minimum absolute atomic E-state index is 0.000131. The first-order chi connectivity index (χ1) is 10.3. The maximum atomic E-state index is 12.7. The summed E-state index contributed by atoms with van der Waals surface area (Å²) in [7, 11) is 0. The summed E-state index contributed by atoms with van der Waals surface area (Å²) in [5.41, 5.74) is -1.01. The number of alkyl halides is 3. The third kappa shape index (κ3) is 4.14. The number of carbonyl (C=O) groups is 1. The molecule has 1 heterocycles. The van der Waals surface area contributed by atoms with Gasteiger partial charge in [0.05, 0.1) is 17.1 Å². The van der Waals surface area contributed by atoms with Gasteiger partial charge in [0.15, 0.2) is 5.82 Å². The van der Waals surface area contributed by atoms with Crippen molar-refractivity contribution in [2.45, 2.75) is 13.1 Å². The van der Waals surface area contributed by atoms with E-state index in [0.717, 1.165) is 12.1 Å². The normalized spacial score (nSPS) is 11.3. The van der Waals surface area contributed by atoms with Crippen LogP contribution in [0, 0.1) is 6.92 Å². The van der Waals surface area contributed by atoms with Crippen LogP contribution in [-0.4, -0.2) is 17.6 Å². The molecular weight excluding hydrogens is 323 g/mol. The van der Waals surface area contributed by atoms with Crippen molar-refractivity contribution in [1.82, 2.24) is 5.16 Å². The van der Waals surface area contributed by atoms with Crippen molar-refractivity contribution >= 4 is 29.0 Å². The van der Waals surface area contributed by atoms with Crippen molar-refractivity contribution in [2.75, 3.05) is 17.2 Å². The van der Waals surface area contributed by atoms with E-state index in [1.165, 1.54) is 6.07 Å². The Hall–Kier alpha value is -2.22. The van der Waals surface area contributed by atoms with E-state index in [0.29, 0.717) is 11.6 Å². The minimum Gasteiger partial charge on any atom is -0.360 e. The van der Waals surface area contributed by atoms with E-state index in [4.69, 9.17) is 16.1 Å². The molecule has 2 N–H and O–H groups in total. The molecule has 0 unspecified atom stereocenters. The first-order valence-corrected chi connectivity index (χ1v) is 6.47. The molecular formula is C13H11ClF3N3O2. The van der Waals surface area contributed by atoms with Gasteiger partial charge in [-0.25, -0.2) is 0 Å². The Kier molecular flexibility index (Phi) is 4.60. The number of anilines is 2. The molecule has 1 aromatic heterocycles. The highest BCUT2D eigenvalue weighted by Crippen LogP contribution is 2.36. The number of benzene rings is 1. The predicted octanol–water partition coefficient (Wildman–Crippen LogP) is 3.71. The van der Waals surface area contributed by atoms with Crippen molar-refractivity contribution in [2.24, 2.45) is 0 Å². The highest BCUT2D eigenvalue weighted by Gasteiger charge is 2.33. The van der Waals surface area contributed by atoms with Gasteiger partial charge in [0.2, 0.25) is 5.91 Å².